The average Bonchev–Trinajstić information content (AvgIpc) is 3.20. The second kappa shape index (κ2) is 9.79. The Morgan fingerprint density at radius 3 is 2.43 bits per heavy atom. The van der Waals surface area contributed by atoms with Crippen molar-refractivity contribution in [2.75, 3.05) is 17.2 Å². The van der Waals surface area contributed by atoms with E-state index in [1.807, 2.05) is 24.3 Å². The van der Waals surface area contributed by atoms with Crippen LogP contribution in [-0.2, 0) is 6.42 Å². The van der Waals surface area contributed by atoms with Gasteiger partial charge in [0.15, 0.2) is 10.8 Å². The Labute approximate surface area is 181 Å². The van der Waals surface area contributed by atoms with Gasteiger partial charge in [0.2, 0.25) is 0 Å². The van der Waals surface area contributed by atoms with Gasteiger partial charge in [-0.25, -0.2) is 0 Å². The Kier molecular flexibility index (Phi) is 7.16. The molecular formula is C18H15Cl2N5OS2. The molecule has 0 fully saturated rings. The van der Waals surface area contributed by atoms with Crippen LogP contribution in [0.25, 0.3) is 0 Å². The van der Waals surface area contributed by atoms with Gasteiger partial charge in [0.05, 0.1) is 0 Å². The van der Waals surface area contributed by atoms with E-state index in [-0.39, 0.29) is 5.91 Å². The summed E-state index contributed by atoms with van der Waals surface area (Å²) in [5.74, 6) is -0.299. The number of hydrogen-bond acceptors (Lipinski definition) is 5. The highest BCUT2D eigenvalue weighted by Gasteiger charge is 2.09. The predicted octanol–water partition coefficient (Wildman–Crippen LogP) is 4.63. The number of aromatic nitrogens is 2. The normalized spacial score (nSPS) is 10.4. The molecule has 0 aliphatic carbocycles. The van der Waals surface area contributed by atoms with Gasteiger partial charge in [0.1, 0.15) is 0 Å². The number of benzene rings is 2. The molecule has 0 aliphatic heterocycles. The number of anilines is 2. The minimum Gasteiger partial charge on any atom is -0.362 e. The van der Waals surface area contributed by atoms with Crippen molar-refractivity contribution in [3.8, 4) is 0 Å². The molecule has 0 atom stereocenters. The van der Waals surface area contributed by atoms with Gasteiger partial charge in [-0.05, 0) is 72.1 Å². The molecule has 2 aromatic carbocycles. The fraction of sp³-hybridized carbons (Fsp3) is 0.111. The molecule has 6 nitrogen and oxygen atoms in total. The van der Waals surface area contributed by atoms with E-state index in [1.165, 1.54) is 0 Å². The molecule has 3 aromatic rings. The maximum atomic E-state index is 11.9. The number of amides is 1. The Hall–Kier alpha value is -2.26. The molecule has 3 rings (SSSR count). The SMILES string of the molecule is O=C(Nc1ccc(NC(=S)NCCc2ccc(Cl)cc2Cl)cc1)c1csnn1. The molecule has 0 radical (unpaired) electrons. The highest BCUT2D eigenvalue weighted by atomic mass is 35.5. The topological polar surface area (TPSA) is 78.9 Å². The molecule has 0 bridgehead atoms. The monoisotopic (exact) mass is 451 g/mol. The lowest BCUT2D eigenvalue weighted by atomic mass is 10.1. The fourth-order valence-electron chi connectivity index (χ4n) is 2.31. The van der Waals surface area contributed by atoms with Crippen molar-refractivity contribution in [3.63, 3.8) is 0 Å². The highest BCUT2D eigenvalue weighted by Crippen LogP contribution is 2.21. The summed E-state index contributed by atoms with van der Waals surface area (Å²) >= 11 is 18.5. The van der Waals surface area contributed by atoms with Crippen molar-refractivity contribution in [1.82, 2.24) is 14.9 Å². The van der Waals surface area contributed by atoms with Crippen LogP contribution < -0.4 is 16.0 Å². The Morgan fingerprint density at radius 1 is 1.07 bits per heavy atom. The van der Waals surface area contributed by atoms with Crippen LogP contribution >= 0.6 is 47.0 Å². The molecule has 1 amide bonds. The Balaban J connectivity index is 1.45. The third kappa shape index (κ3) is 5.87. The minimum atomic E-state index is -0.299. The summed E-state index contributed by atoms with van der Waals surface area (Å²) in [6.07, 6.45) is 0.717. The second-order valence-electron chi connectivity index (χ2n) is 5.69. The molecule has 0 saturated heterocycles. The zero-order valence-corrected chi connectivity index (χ0v) is 17.6. The standard InChI is InChI=1S/C18H15Cl2N5OS2/c19-12-2-1-11(15(20)9-12)7-8-21-18(27)23-14-5-3-13(4-6-14)22-17(26)16-10-28-25-24-16/h1-6,9-10H,7-8H2,(H,22,26)(H2,21,23,27). The quantitative estimate of drug-likeness (QED) is 0.474. The van der Waals surface area contributed by atoms with Gasteiger partial charge >= 0.3 is 0 Å². The summed E-state index contributed by atoms with van der Waals surface area (Å²) in [5, 5.41) is 16.0. The van der Waals surface area contributed by atoms with Crippen LogP contribution in [0.4, 0.5) is 11.4 Å². The first-order chi connectivity index (χ1) is 13.5. The molecule has 10 heteroatoms. The van der Waals surface area contributed by atoms with Gasteiger partial charge in [-0.3, -0.25) is 4.79 Å². The van der Waals surface area contributed by atoms with Crippen LogP contribution in [0.2, 0.25) is 10.0 Å². The maximum absolute atomic E-state index is 11.9. The summed E-state index contributed by atoms with van der Waals surface area (Å²) in [7, 11) is 0. The van der Waals surface area contributed by atoms with Gasteiger partial charge in [0, 0.05) is 33.3 Å². The average molecular weight is 452 g/mol. The van der Waals surface area contributed by atoms with Gasteiger partial charge in [0.25, 0.3) is 5.91 Å². The predicted molar refractivity (Wildman–Crippen MR) is 119 cm³/mol. The lowest BCUT2D eigenvalue weighted by Gasteiger charge is -2.12. The first-order valence-corrected chi connectivity index (χ1v) is 10.2. The summed E-state index contributed by atoms with van der Waals surface area (Å²) < 4.78 is 3.67. The van der Waals surface area contributed by atoms with E-state index < -0.39 is 0 Å². The van der Waals surface area contributed by atoms with E-state index in [0.717, 1.165) is 22.8 Å². The number of rotatable bonds is 6. The van der Waals surface area contributed by atoms with Crippen molar-refractivity contribution in [1.29, 1.82) is 0 Å². The lowest BCUT2D eigenvalue weighted by Crippen LogP contribution is -2.30. The summed E-state index contributed by atoms with van der Waals surface area (Å²) in [5.41, 5.74) is 2.74. The van der Waals surface area contributed by atoms with E-state index in [9.17, 15) is 4.79 Å². The van der Waals surface area contributed by atoms with E-state index in [1.54, 1.807) is 23.6 Å². The molecule has 0 unspecified atom stereocenters. The van der Waals surface area contributed by atoms with E-state index in [2.05, 4.69) is 25.5 Å². The third-order valence-electron chi connectivity index (χ3n) is 3.69. The smallest absolute Gasteiger partial charge is 0.277 e. The molecule has 1 aromatic heterocycles. The number of nitrogens with one attached hydrogen (secondary N) is 3. The zero-order chi connectivity index (χ0) is 19.9. The number of thiocarbonyl (C=S) groups is 1. The van der Waals surface area contributed by atoms with Gasteiger partial charge < -0.3 is 16.0 Å². The number of halogens is 2. The third-order valence-corrected chi connectivity index (χ3v) is 5.03. The molecular weight excluding hydrogens is 437 g/mol. The van der Waals surface area contributed by atoms with Gasteiger partial charge in [-0.1, -0.05) is 33.8 Å². The van der Waals surface area contributed by atoms with Crippen molar-refractivity contribution in [2.45, 2.75) is 6.42 Å². The molecule has 28 heavy (non-hydrogen) atoms. The van der Waals surface area contributed by atoms with Crippen LogP contribution in [0, 0.1) is 0 Å². The lowest BCUT2D eigenvalue weighted by molar-refractivity contribution is 0.102. The van der Waals surface area contributed by atoms with E-state index >= 15 is 0 Å². The van der Waals surface area contributed by atoms with Gasteiger partial charge in [-0.15, -0.1) is 5.10 Å². The summed E-state index contributed by atoms with van der Waals surface area (Å²) in [4.78, 5) is 11.9. The van der Waals surface area contributed by atoms with E-state index in [0.29, 0.717) is 39.5 Å². The zero-order valence-electron chi connectivity index (χ0n) is 14.4. The number of carbonyl (C=O) groups excluding carboxylic acids is 1. The molecule has 144 valence electrons. The van der Waals surface area contributed by atoms with Gasteiger partial charge in [-0.2, -0.15) is 0 Å². The largest absolute Gasteiger partial charge is 0.362 e. The summed E-state index contributed by atoms with van der Waals surface area (Å²) in [6.45, 7) is 0.628. The van der Waals surface area contributed by atoms with Crippen LogP contribution in [0.1, 0.15) is 16.1 Å². The highest BCUT2D eigenvalue weighted by molar-refractivity contribution is 7.80. The first-order valence-electron chi connectivity index (χ1n) is 8.18. The second-order valence-corrected chi connectivity index (χ2v) is 7.55. The molecule has 0 saturated carbocycles. The maximum Gasteiger partial charge on any atom is 0.277 e. The fourth-order valence-corrected chi connectivity index (χ4v) is 3.47. The minimum absolute atomic E-state index is 0.290. The van der Waals surface area contributed by atoms with Crippen molar-refractivity contribution >= 4 is 69.3 Å². The number of carbonyl (C=O) groups is 1. The van der Waals surface area contributed by atoms with Crippen LogP contribution in [0.15, 0.2) is 47.8 Å². The number of nitrogens with zero attached hydrogens (tertiary/aromatic N) is 2. The molecule has 0 spiro atoms. The van der Waals surface area contributed by atoms with E-state index in [4.69, 9.17) is 35.4 Å². The Morgan fingerprint density at radius 2 is 1.79 bits per heavy atom. The van der Waals surface area contributed by atoms with Crippen molar-refractivity contribution < 1.29 is 4.79 Å². The first kappa shape index (κ1) is 20.5. The van der Waals surface area contributed by atoms with Crippen LogP contribution in [0.3, 0.4) is 0 Å². The van der Waals surface area contributed by atoms with Crippen molar-refractivity contribution in [3.05, 3.63) is 69.1 Å². The Bertz CT molecular complexity index is 965. The molecule has 0 aliphatic rings. The molecule has 1 heterocycles. The van der Waals surface area contributed by atoms with Crippen molar-refractivity contribution in [2.24, 2.45) is 0 Å². The summed E-state index contributed by atoms with van der Waals surface area (Å²) in [6, 6.07) is 12.6. The number of hydrogen-bond donors (Lipinski definition) is 3. The molecule has 3 N–H and O–H groups in total. The van der Waals surface area contributed by atoms with Crippen LogP contribution in [-0.4, -0.2) is 27.2 Å². The van der Waals surface area contributed by atoms with Crippen LogP contribution in [0.5, 0.6) is 0 Å².